The van der Waals surface area contributed by atoms with Crippen LogP contribution in [0.1, 0.15) is 46.8 Å². The summed E-state index contributed by atoms with van der Waals surface area (Å²) in [6, 6.07) is 12.3. The lowest BCUT2D eigenvalue weighted by atomic mass is 9.76. The Labute approximate surface area is 153 Å². The quantitative estimate of drug-likeness (QED) is 0.640. The Morgan fingerprint density at radius 1 is 1.08 bits per heavy atom. The summed E-state index contributed by atoms with van der Waals surface area (Å²) < 4.78 is 10.9. The number of methoxy groups -OCH3 is 2. The number of rotatable bonds is 4. The number of anilines is 1. The number of Topliss-reactive ketones (excluding diaryl/α,β-unsaturated/α-hetero) is 1. The monoisotopic (exact) mass is 349 g/mol. The first kappa shape index (κ1) is 16.7. The molecule has 0 bridgehead atoms. The second-order valence-corrected chi connectivity index (χ2v) is 6.95. The average molecular weight is 349 g/mol. The Morgan fingerprint density at radius 2 is 1.88 bits per heavy atom. The summed E-state index contributed by atoms with van der Waals surface area (Å²) in [6.45, 7) is 1.62. The molecule has 4 nitrogen and oxygen atoms in total. The molecular weight excluding hydrogens is 326 g/mol. The standard InChI is InChI=1S/C22H23NO3/c1-13(24)14-7-9-19-18(11-14)16-5-4-6-17(16)22(23-19)15-8-10-20(25-2)21(12-15)26-3/h4-5,7-12,16-17,22-23H,6H2,1-3H3/t16-,17+,22+/m1/s1. The van der Waals surface area contributed by atoms with Gasteiger partial charge in [0.05, 0.1) is 20.3 Å². The van der Waals surface area contributed by atoms with E-state index in [2.05, 4.69) is 29.6 Å². The Hall–Kier alpha value is -2.75. The topological polar surface area (TPSA) is 47.6 Å². The van der Waals surface area contributed by atoms with Crippen LogP contribution in [0, 0.1) is 5.92 Å². The van der Waals surface area contributed by atoms with Crippen LogP contribution >= 0.6 is 0 Å². The maximum atomic E-state index is 11.8. The summed E-state index contributed by atoms with van der Waals surface area (Å²) in [5, 5.41) is 3.69. The molecule has 0 radical (unpaired) electrons. The van der Waals surface area contributed by atoms with E-state index >= 15 is 0 Å². The smallest absolute Gasteiger partial charge is 0.161 e. The van der Waals surface area contributed by atoms with Gasteiger partial charge >= 0.3 is 0 Å². The molecule has 2 aliphatic rings. The third-order valence-corrected chi connectivity index (χ3v) is 5.54. The summed E-state index contributed by atoms with van der Waals surface area (Å²) in [5.74, 6) is 2.33. The van der Waals surface area contributed by atoms with E-state index < -0.39 is 0 Å². The van der Waals surface area contributed by atoms with E-state index in [0.717, 1.165) is 29.2 Å². The van der Waals surface area contributed by atoms with Gasteiger partial charge in [-0.1, -0.05) is 18.2 Å². The van der Waals surface area contributed by atoms with Gasteiger partial charge in [-0.3, -0.25) is 4.79 Å². The SMILES string of the molecule is COc1ccc([C@@H]2Nc3ccc(C(C)=O)cc3[C@@H]3C=CC[C@@H]32)cc1OC. The summed E-state index contributed by atoms with van der Waals surface area (Å²) in [7, 11) is 3.31. The van der Waals surface area contributed by atoms with Crippen LogP contribution in [-0.2, 0) is 0 Å². The van der Waals surface area contributed by atoms with E-state index in [0.29, 0.717) is 11.8 Å². The fraction of sp³-hybridized carbons (Fsp3) is 0.318. The highest BCUT2D eigenvalue weighted by Gasteiger charge is 2.38. The Morgan fingerprint density at radius 3 is 2.62 bits per heavy atom. The maximum Gasteiger partial charge on any atom is 0.161 e. The predicted octanol–water partition coefficient (Wildman–Crippen LogP) is 4.73. The number of fused-ring (bicyclic) bond motifs is 3. The van der Waals surface area contributed by atoms with Gasteiger partial charge in [-0.2, -0.15) is 0 Å². The highest BCUT2D eigenvalue weighted by atomic mass is 16.5. The van der Waals surface area contributed by atoms with Gasteiger partial charge in [0, 0.05) is 17.2 Å². The van der Waals surface area contributed by atoms with Gasteiger partial charge < -0.3 is 14.8 Å². The highest BCUT2D eigenvalue weighted by molar-refractivity contribution is 5.95. The molecule has 1 heterocycles. The molecule has 1 N–H and O–H groups in total. The molecule has 0 unspecified atom stereocenters. The van der Waals surface area contributed by atoms with Gasteiger partial charge in [-0.25, -0.2) is 0 Å². The molecule has 0 spiro atoms. The fourth-order valence-corrected chi connectivity index (χ4v) is 4.19. The molecule has 0 amide bonds. The number of hydrogen-bond acceptors (Lipinski definition) is 4. The number of ketones is 1. The van der Waals surface area contributed by atoms with Crippen LogP contribution in [0.25, 0.3) is 0 Å². The molecule has 0 saturated carbocycles. The Kier molecular flexibility index (Phi) is 4.19. The molecule has 3 atom stereocenters. The zero-order valence-corrected chi connectivity index (χ0v) is 15.3. The molecule has 4 rings (SSSR count). The number of hydrogen-bond donors (Lipinski definition) is 1. The summed E-state index contributed by atoms with van der Waals surface area (Å²) in [5.41, 5.74) is 4.27. The number of allylic oxidation sites excluding steroid dienone is 2. The molecule has 1 aliphatic carbocycles. The number of benzene rings is 2. The maximum absolute atomic E-state index is 11.8. The van der Waals surface area contributed by atoms with Crippen LogP contribution in [0.4, 0.5) is 5.69 Å². The molecule has 0 aromatic heterocycles. The highest BCUT2D eigenvalue weighted by Crippen LogP contribution is 2.50. The van der Waals surface area contributed by atoms with Crippen LogP contribution in [-0.4, -0.2) is 20.0 Å². The third-order valence-electron chi connectivity index (χ3n) is 5.54. The summed E-state index contributed by atoms with van der Waals surface area (Å²) >= 11 is 0. The second kappa shape index (κ2) is 6.52. The van der Waals surface area contributed by atoms with Crippen molar-refractivity contribution in [2.75, 3.05) is 19.5 Å². The van der Waals surface area contributed by atoms with Crippen molar-refractivity contribution in [1.29, 1.82) is 0 Å². The zero-order valence-electron chi connectivity index (χ0n) is 15.3. The van der Waals surface area contributed by atoms with Crippen LogP contribution in [0.3, 0.4) is 0 Å². The van der Waals surface area contributed by atoms with Gasteiger partial charge in [0.25, 0.3) is 0 Å². The predicted molar refractivity (Wildman–Crippen MR) is 102 cm³/mol. The van der Waals surface area contributed by atoms with E-state index in [-0.39, 0.29) is 11.8 Å². The van der Waals surface area contributed by atoms with E-state index in [1.807, 2.05) is 24.3 Å². The van der Waals surface area contributed by atoms with Crippen LogP contribution in [0.2, 0.25) is 0 Å². The van der Waals surface area contributed by atoms with E-state index in [9.17, 15) is 4.79 Å². The minimum atomic E-state index is 0.105. The van der Waals surface area contributed by atoms with Crippen LogP contribution in [0.15, 0.2) is 48.6 Å². The zero-order chi connectivity index (χ0) is 18.3. The van der Waals surface area contributed by atoms with Gasteiger partial charge in [0.15, 0.2) is 17.3 Å². The van der Waals surface area contributed by atoms with Crippen molar-refractivity contribution in [2.45, 2.75) is 25.3 Å². The van der Waals surface area contributed by atoms with Crippen molar-refractivity contribution < 1.29 is 14.3 Å². The van der Waals surface area contributed by atoms with Crippen molar-refractivity contribution in [3.8, 4) is 11.5 Å². The number of carbonyl (C=O) groups excluding carboxylic acids is 1. The van der Waals surface area contributed by atoms with Crippen molar-refractivity contribution in [3.05, 3.63) is 65.2 Å². The van der Waals surface area contributed by atoms with Crippen molar-refractivity contribution in [3.63, 3.8) is 0 Å². The first-order valence-corrected chi connectivity index (χ1v) is 8.92. The van der Waals surface area contributed by atoms with Crippen LogP contribution in [0.5, 0.6) is 11.5 Å². The molecule has 4 heteroatoms. The molecule has 0 saturated heterocycles. The first-order chi connectivity index (χ1) is 12.6. The normalized spacial score (nSPS) is 23.0. The summed E-state index contributed by atoms with van der Waals surface area (Å²) in [6.07, 6.45) is 5.54. The lowest BCUT2D eigenvalue weighted by Crippen LogP contribution is -2.29. The molecule has 26 heavy (non-hydrogen) atoms. The third kappa shape index (κ3) is 2.66. The van der Waals surface area contributed by atoms with Gasteiger partial charge in [-0.15, -0.1) is 0 Å². The minimum Gasteiger partial charge on any atom is -0.493 e. The molecular formula is C22H23NO3. The summed E-state index contributed by atoms with van der Waals surface area (Å²) in [4.78, 5) is 11.8. The van der Waals surface area contributed by atoms with Gasteiger partial charge in [0.1, 0.15) is 0 Å². The van der Waals surface area contributed by atoms with Crippen molar-refractivity contribution in [1.82, 2.24) is 0 Å². The first-order valence-electron chi connectivity index (χ1n) is 8.92. The molecule has 1 aliphatic heterocycles. The second-order valence-electron chi connectivity index (χ2n) is 6.95. The molecule has 2 aromatic carbocycles. The Bertz CT molecular complexity index is 887. The number of ether oxygens (including phenoxy) is 2. The van der Waals surface area contributed by atoms with E-state index in [1.165, 1.54) is 11.1 Å². The van der Waals surface area contributed by atoms with Crippen molar-refractivity contribution >= 4 is 11.5 Å². The van der Waals surface area contributed by atoms with E-state index in [1.54, 1.807) is 21.1 Å². The average Bonchev–Trinajstić information content (AvgIpc) is 3.16. The minimum absolute atomic E-state index is 0.105. The van der Waals surface area contributed by atoms with Crippen LogP contribution < -0.4 is 14.8 Å². The van der Waals surface area contributed by atoms with Crippen molar-refractivity contribution in [2.24, 2.45) is 5.92 Å². The lowest BCUT2D eigenvalue weighted by Gasteiger charge is -2.38. The molecule has 0 fully saturated rings. The Balaban J connectivity index is 1.75. The van der Waals surface area contributed by atoms with Gasteiger partial charge in [-0.05, 0) is 60.7 Å². The molecule has 134 valence electrons. The van der Waals surface area contributed by atoms with Gasteiger partial charge in [0.2, 0.25) is 0 Å². The number of carbonyl (C=O) groups is 1. The largest absolute Gasteiger partial charge is 0.493 e. The fourth-order valence-electron chi connectivity index (χ4n) is 4.19. The molecule has 2 aromatic rings. The van der Waals surface area contributed by atoms with E-state index in [4.69, 9.17) is 9.47 Å². The number of nitrogens with one attached hydrogen (secondary N) is 1. The lowest BCUT2D eigenvalue weighted by molar-refractivity contribution is 0.101.